The van der Waals surface area contributed by atoms with Crippen LogP contribution in [0.25, 0.3) is 0 Å². The molecule has 0 aliphatic rings. The predicted octanol–water partition coefficient (Wildman–Crippen LogP) is 2.56. The summed E-state index contributed by atoms with van der Waals surface area (Å²) in [4.78, 5) is 15.4. The Morgan fingerprint density at radius 1 is 1.47 bits per heavy atom. The minimum Gasteiger partial charge on any atom is -0.459 e. The van der Waals surface area contributed by atoms with Crippen LogP contribution in [0.2, 0.25) is 5.02 Å². The molecule has 17 heavy (non-hydrogen) atoms. The monoisotopic (exact) mass is 257 g/mol. The van der Waals surface area contributed by atoms with Crippen molar-refractivity contribution in [3.63, 3.8) is 0 Å². The van der Waals surface area contributed by atoms with Gasteiger partial charge >= 0.3 is 5.97 Å². The number of ether oxygens (including phenoxy) is 2. The van der Waals surface area contributed by atoms with Crippen LogP contribution in [-0.2, 0) is 9.47 Å². The maximum Gasteiger partial charge on any atom is 0.357 e. The third kappa shape index (κ3) is 5.65. The fourth-order valence-corrected chi connectivity index (χ4v) is 1.26. The lowest BCUT2D eigenvalue weighted by atomic mass is 10.2. The van der Waals surface area contributed by atoms with Crippen molar-refractivity contribution in [3.05, 3.63) is 29.0 Å². The Labute approximate surface area is 106 Å². The van der Waals surface area contributed by atoms with Crippen LogP contribution in [0, 0.1) is 5.92 Å². The van der Waals surface area contributed by atoms with Crippen LogP contribution in [0.4, 0.5) is 0 Å². The summed E-state index contributed by atoms with van der Waals surface area (Å²) in [6.07, 6.45) is 1.47. The van der Waals surface area contributed by atoms with E-state index in [1.54, 1.807) is 6.07 Å². The van der Waals surface area contributed by atoms with Gasteiger partial charge in [0.15, 0.2) is 0 Å². The maximum absolute atomic E-state index is 11.5. The topological polar surface area (TPSA) is 48.4 Å². The van der Waals surface area contributed by atoms with E-state index in [0.717, 1.165) is 0 Å². The smallest absolute Gasteiger partial charge is 0.357 e. The van der Waals surface area contributed by atoms with E-state index < -0.39 is 5.97 Å². The average Bonchev–Trinajstić information content (AvgIpc) is 2.28. The zero-order valence-electron chi connectivity index (χ0n) is 9.98. The van der Waals surface area contributed by atoms with Crippen molar-refractivity contribution < 1.29 is 14.3 Å². The number of esters is 1. The molecule has 1 aromatic heterocycles. The minimum atomic E-state index is -0.486. The minimum absolute atomic E-state index is 0.210. The van der Waals surface area contributed by atoms with Gasteiger partial charge in [-0.3, -0.25) is 0 Å². The quantitative estimate of drug-likeness (QED) is 0.581. The first kappa shape index (κ1) is 13.9. The fraction of sp³-hybridized carbons (Fsp3) is 0.500. The molecule has 94 valence electrons. The molecule has 0 amide bonds. The molecule has 0 atom stereocenters. The number of pyridine rings is 1. The van der Waals surface area contributed by atoms with Crippen molar-refractivity contribution in [2.75, 3.05) is 19.8 Å². The third-order valence-electron chi connectivity index (χ3n) is 1.84. The van der Waals surface area contributed by atoms with Crippen LogP contribution in [0.1, 0.15) is 24.3 Å². The third-order valence-corrected chi connectivity index (χ3v) is 2.08. The number of halogens is 1. The molecule has 0 bridgehead atoms. The van der Waals surface area contributed by atoms with Gasteiger partial charge in [-0.1, -0.05) is 25.4 Å². The molecule has 0 N–H and O–H groups in total. The summed E-state index contributed by atoms with van der Waals surface area (Å²) < 4.78 is 10.3. The van der Waals surface area contributed by atoms with Gasteiger partial charge in [-0.15, -0.1) is 0 Å². The van der Waals surface area contributed by atoms with Crippen LogP contribution < -0.4 is 0 Å². The van der Waals surface area contributed by atoms with Gasteiger partial charge in [-0.2, -0.15) is 0 Å². The second-order valence-electron chi connectivity index (χ2n) is 3.96. The van der Waals surface area contributed by atoms with Gasteiger partial charge in [0.1, 0.15) is 12.3 Å². The Kier molecular flexibility index (Phi) is 5.94. The number of nitrogens with zero attached hydrogens (tertiary/aromatic N) is 1. The van der Waals surface area contributed by atoms with Gasteiger partial charge in [0.05, 0.1) is 6.61 Å². The van der Waals surface area contributed by atoms with Gasteiger partial charge < -0.3 is 9.47 Å². The standard InChI is InChI=1S/C12H16ClNO3/c1-9(2)8-16-5-6-17-12(15)11-7-10(13)3-4-14-11/h3-4,7,9H,5-6,8H2,1-2H3. The molecule has 0 aliphatic heterocycles. The van der Waals surface area contributed by atoms with Crippen molar-refractivity contribution in [2.24, 2.45) is 5.92 Å². The van der Waals surface area contributed by atoms with Crippen molar-refractivity contribution in [3.8, 4) is 0 Å². The number of hydrogen-bond donors (Lipinski definition) is 0. The Hall–Kier alpha value is -1.13. The Bertz CT molecular complexity index is 369. The van der Waals surface area contributed by atoms with Crippen molar-refractivity contribution in [2.45, 2.75) is 13.8 Å². The SMILES string of the molecule is CC(C)COCCOC(=O)c1cc(Cl)ccn1. The summed E-state index contributed by atoms with van der Waals surface area (Å²) in [5.41, 5.74) is 0.210. The summed E-state index contributed by atoms with van der Waals surface area (Å²) in [7, 11) is 0. The second-order valence-corrected chi connectivity index (χ2v) is 4.40. The van der Waals surface area contributed by atoms with Gasteiger partial charge in [0.25, 0.3) is 0 Å². The molecule has 0 saturated heterocycles. The van der Waals surface area contributed by atoms with Crippen LogP contribution >= 0.6 is 11.6 Å². The van der Waals surface area contributed by atoms with Crippen molar-refractivity contribution in [1.29, 1.82) is 0 Å². The molecule has 0 fully saturated rings. The van der Waals surface area contributed by atoms with Crippen LogP contribution in [-0.4, -0.2) is 30.8 Å². The Morgan fingerprint density at radius 3 is 2.88 bits per heavy atom. The molecule has 0 aromatic carbocycles. The first-order chi connectivity index (χ1) is 8.09. The summed E-state index contributed by atoms with van der Waals surface area (Å²) in [6.45, 7) is 5.39. The normalized spacial score (nSPS) is 10.6. The molecule has 5 heteroatoms. The number of aromatic nitrogens is 1. The highest BCUT2D eigenvalue weighted by Gasteiger charge is 2.08. The van der Waals surface area contributed by atoms with E-state index in [9.17, 15) is 4.79 Å². The van der Waals surface area contributed by atoms with E-state index in [1.165, 1.54) is 12.3 Å². The molecular weight excluding hydrogens is 242 g/mol. The number of carbonyl (C=O) groups excluding carboxylic acids is 1. The Morgan fingerprint density at radius 2 is 2.24 bits per heavy atom. The first-order valence-corrected chi connectivity index (χ1v) is 5.84. The van der Waals surface area contributed by atoms with E-state index in [4.69, 9.17) is 21.1 Å². The van der Waals surface area contributed by atoms with Gasteiger partial charge in [0.2, 0.25) is 0 Å². The highest BCUT2D eigenvalue weighted by molar-refractivity contribution is 6.30. The summed E-state index contributed by atoms with van der Waals surface area (Å²) >= 11 is 5.74. The summed E-state index contributed by atoms with van der Waals surface area (Å²) in [5, 5.41) is 0.461. The lowest BCUT2D eigenvalue weighted by Crippen LogP contribution is -2.13. The fourth-order valence-electron chi connectivity index (χ4n) is 1.10. The first-order valence-electron chi connectivity index (χ1n) is 5.46. The largest absolute Gasteiger partial charge is 0.459 e. The van der Waals surface area contributed by atoms with E-state index in [-0.39, 0.29) is 12.3 Å². The molecule has 0 aliphatic carbocycles. The number of carbonyl (C=O) groups is 1. The van der Waals surface area contributed by atoms with Crippen LogP contribution in [0.3, 0.4) is 0 Å². The average molecular weight is 258 g/mol. The summed E-state index contributed by atoms with van der Waals surface area (Å²) in [5.74, 6) is -0.0130. The molecule has 0 unspecified atom stereocenters. The molecule has 4 nitrogen and oxygen atoms in total. The van der Waals surface area contributed by atoms with Crippen LogP contribution in [0.15, 0.2) is 18.3 Å². The van der Waals surface area contributed by atoms with E-state index >= 15 is 0 Å². The van der Waals surface area contributed by atoms with Crippen molar-refractivity contribution in [1.82, 2.24) is 4.98 Å². The molecular formula is C12H16ClNO3. The predicted molar refractivity (Wildman–Crippen MR) is 65.2 cm³/mol. The Balaban J connectivity index is 2.26. The molecule has 0 spiro atoms. The van der Waals surface area contributed by atoms with Gasteiger partial charge in [-0.05, 0) is 18.1 Å². The van der Waals surface area contributed by atoms with Gasteiger partial charge in [0, 0.05) is 17.8 Å². The van der Waals surface area contributed by atoms with Gasteiger partial charge in [-0.25, -0.2) is 9.78 Å². The number of hydrogen-bond acceptors (Lipinski definition) is 4. The zero-order valence-corrected chi connectivity index (χ0v) is 10.7. The molecule has 1 aromatic rings. The van der Waals surface area contributed by atoms with E-state index in [1.807, 2.05) is 0 Å². The van der Waals surface area contributed by atoms with E-state index in [2.05, 4.69) is 18.8 Å². The second kappa shape index (κ2) is 7.25. The molecule has 0 radical (unpaired) electrons. The lowest BCUT2D eigenvalue weighted by molar-refractivity contribution is 0.0272. The molecule has 0 saturated carbocycles. The highest BCUT2D eigenvalue weighted by Crippen LogP contribution is 2.08. The number of rotatable bonds is 6. The summed E-state index contributed by atoms with van der Waals surface area (Å²) in [6, 6.07) is 3.07. The molecule has 1 heterocycles. The zero-order chi connectivity index (χ0) is 12.7. The van der Waals surface area contributed by atoms with E-state index in [0.29, 0.717) is 24.2 Å². The van der Waals surface area contributed by atoms with Crippen molar-refractivity contribution >= 4 is 17.6 Å². The lowest BCUT2D eigenvalue weighted by Gasteiger charge is -2.07. The highest BCUT2D eigenvalue weighted by atomic mass is 35.5. The van der Waals surface area contributed by atoms with Crippen LogP contribution in [0.5, 0.6) is 0 Å². The molecule has 1 rings (SSSR count). The maximum atomic E-state index is 11.5.